The monoisotopic (exact) mass is 224 g/mol. The number of carbonyl (C=O) groups excluding carboxylic acids is 1. The summed E-state index contributed by atoms with van der Waals surface area (Å²) in [4.78, 5) is 10.9. The van der Waals surface area contributed by atoms with E-state index in [1.165, 1.54) is 14.2 Å². The van der Waals surface area contributed by atoms with E-state index in [1.54, 1.807) is 13.8 Å². The van der Waals surface area contributed by atoms with E-state index in [1.807, 2.05) is 0 Å². The predicted octanol–water partition coefficient (Wildman–Crippen LogP) is -0.666. The molecule has 0 amide bonds. The van der Waals surface area contributed by atoms with E-state index in [4.69, 9.17) is 0 Å². The summed E-state index contributed by atoms with van der Waals surface area (Å²) in [5, 5.41) is 0. The van der Waals surface area contributed by atoms with E-state index in [0.717, 1.165) is 4.31 Å². The molecule has 6 nitrogen and oxygen atoms in total. The minimum absolute atomic E-state index is 0.280. The molecule has 0 fully saturated rings. The zero-order valence-corrected chi connectivity index (χ0v) is 9.59. The second kappa shape index (κ2) is 5.28. The van der Waals surface area contributed by atoms with E-state index in [9.17, 15) is 13.2 Å². The van der Waals surface area contributed by atoms with Crippen LogP contribution in [0.1, 0.15) is 13.8 Å². The van der Waals surface area contributed by atoms with Crippen LogP contribution >= 0.6 is 0 Å². The molecule has 0 rings (SSSR count). The van der Waals surface area contributed by atoms with Gasteiger partial charge in [0.25, 0.3) is 10.2 Å². The molecular formula is C7H16N2O4S. The summed E-state index contributed by atoms with van der Waals surface area (Å²) in [5.74, 6) is -0.586. The first-order chi connectivity index (χ1) is 6.35. The van der Waals surface area contributed by atoms with Crippen LogP contribution < -0.4 is 4.72 Å². The summed E-state index contributed by atoms with van der Waals surface area (Å²) in [7, 11) is -1.07. The number of nitrogens with zero attached hydrogens (tertiary/aromatic N) is 1. The van der Waals surface area contributed by atoms with Crippen molar-refractivity contribution in [3.63, 3.8) is 0 Å². The molecule has 84 valence electrons. The van der Waals surface area contributed by atoms with Crippen molar-refractivity contribution >= 4 is 16.2 Å². The Morgan fingerprint density at radius 1 is 1.50 bits per heavy atom. The highest BCUT2D eigenvalue weighted by atomic mass is 32.2. The maximum absolute atomic E-state index is 11.4. The molecule has 0 aromatic carbocycles. The fraction of sp³-hybridized carbons (Fsp3) is 0.857. The Morgan fingerprint density at radius 3 is 2.29 bits per heavy atom. The van der Waals surface area contributed by atoms with Gasteiger partial charge in [0.1, 0.15) is 6.54 Å². The number of esters is 1. The number of methoxy groups -OCH3 is 1. The standard InChI is InChI=1S/C7H16N2O4S/c1-6(2)9(5-7(10)13-4)14(11,12)8-3/h6,8H,5H2,1-4H3. The second-order valence-electron chi connectivity index (χ2n) is 2.92. The van der Waals surface area contributed by atoms with Gasteiger partial charge in [0.05, 0.1) is 7.11 Å². The fourth-order valence-corrected chi connectivity index (χ4v) is 1.92. The second-order valence-corrected chi connectivity index (χ2v) is 4.75. The molecule has 0 radical (unpaired) electrons. The highest BCUT2D eigenvalue weighted by Gasteiger charge is 2.25. The minimum atomic E-state index is -3.58. The molecule has 0 spiro atoms. The zero-order chi connectivity index (χ0) is 11.4. The number of hydrogen-bond donors (Lipinski definition) is 1. The lowest BCUT2D eigenvalue weighted by Crippen LogP contribution is -2.46. The van der Waals surface area contributed by atoms with Crippen LogP contribution in [0.15, 0.2) is 0 Å². The van der Waals surface area contributed by atoms with Crippen LogP contribution in [0, 0.1) is 0 Å². The molecule has 0 heterocycles. The largest absolute Gasteiger partial charge is 0.468 e. The molecule has 0 atom stereocenters. The molecule has 14 heavy (non-hydrogen) atoms. The molecule has 0 aliphatic heterocycles. The first kappa shape index (κ1) is 13.3. The van der Waals surface area contributed by atoms with Crippen molar-refractivity contribution in [1.82, 2.24) is 9.03 Å². The van der Waals surface area contributed by atoms with Crippen molar-refractivity contribution in [2.75, 3.05) is 20.7 Å². The Kier molecular flexibility index (Phi) is 5.03. The van der Waals surface area contributed by atoms with Crippen molar-refractivity contribution in [1.29, 1.82) is 0 Å². The van der Waals surface area contributed by atoms with E-state index in [0.29, 0.717) is 0 Å². The number of rotatable bonds is 5. The van der Waals surface area contributed by atoms with Crippen molar-refractivity contribution < 1.29 is 17.9 Å². The molecule has 0 aliphatic carbocycles. The number of ether oxygens (including phenoxy) is 1. The lowest BCUT2D eigenvalue weighted by molar-refractivity contribution is -0.141. The van der Waals surface area contributed by atoms with Gasteiger partial charge in [-0.3, -0.25) is 4.79 Å². The lowest BCUT2D eigenvalue weighted by atomic mass is 10.4. The first-order valence-electron chi connectivity index (χ1n) is 4.12. The Morgan fingerprint density at radius 2 is 2.00 bits per heavy atom. The fourth-order valence-electron chi connectivity index (χ4n) is 0.854. The van der Waals surface area contributed by atoms with Gasteiger partial charge in [-0.25, -0.2) is 4.72 Å². The summed E-state index contributed by atoms with van der Waals surface area (Å²) in [5.41, 5.74) is 0. The number of hydrogen-bond acceptors (Lipinski definition) is 4. The van der Waals surface area contributed by atoms with Gasteiger partial charge in [-0.15, -0.1) is 0 Å². The lowest BCUT2D eigenvalue weighted by Gasteiger charge is -2.23. The van der Waals surface area contributed by atoms with Crippen LogP contribution in [-0.2, 0) is 19.7 Å². The van der Waals surface area contributed by atoms with Crippen LogP contribution in [0.5, 0.6) is 0 Å². The molecule has 0 unspecified atom stereocenters. The van der Waals surface area contributed by atoms with Crippen LogP contribution in [0.25, 0.3) is 0 Å². The van der Waals surface area contributed by atoms with Gasteiger partial charge in [-0.05, 0) is 13.8 Å². The molecule has 0 aliphatic rings. The molecule has 1 N–H and O–H groups in total. The molecule has 0 saturated carbocycles. The van der Waals surface area contributed by atoms with E-state index < -0.39 is 16.2 Å². The third-order valence-electron chi connectivity index (χ3n) is 1.66. The molecule has 0 saturated heterocycles. The highest BCUT2D eigenvalue weighted by molar-refractivity contribution is 7.87. The summed E-state index contributed by atoms with van der Waals surface area (Å²) < 4.78 is 30.4. The summed E-state index contributed by atoms with van der Waals surface area (Å²) in [6, 6.07) is -0.299. The van der Waals surface area contributed by atoms with Gasteiger partial charge >= 0.3 is 5.97 Å². The quantitative estimate of drug-likeness (QED) is 0.629. The SMILES string of the molecule is CNS(=O)(=O)N(CC(=O)OC)C(C)C. The predicted molar refractivity (Wildman–Crippen MR) is 51.8 cm³/mol. The molecule has 0 aromatic heterocycles. The summed E-state index contributed by atoms with van der Waals surface area (Å²) in [6.45, 7) is 3.08. The van der Waals surface area contributed by atoms with Gasteiger partial charge < -0.3 is 4.74 Å². The van der Waals surface area contributed by atoms with E-state index >= 15 is 0 Å². The Hall–Kier alpha value is -0.660. The van der Waals surface area contributed by atoms with Gasteiger partial charge in [0.15, 0.2) is 0 Å². The maximum Gasteiger partial charge on any atom is 0.321 e. The van der Waals surface area contributed by atoms with Crippen molar-refractivity contribution in [2.45, 2.75) is 19.9 Å². The number of nitrogens with one attached hydrogen (secondary N) is 1. The number of carbonyl (C=O) groups is 1. The van der Waals surface area contributed by atoms with Crippen LogP contribution in [-0.4, -0.2) is 45.4 Å². The summed E-state index contributed by atoms with van der Waals surface area (Å²) >= 11 is 0. The molecule has 7 heteroatoms. The van der Waals surface area contributed by atoms with Crippen molar-refractivity contribution in [3.8, 4) is 0 Å². The topological polar surface area (TPSA) is 75.7 Å². The van der Waals surface area contributed by atoms with Crippen LogP contribution in [0.4, 0.5) is 0 Å². The average Bonchev–Trinajstić information content (AvgIpc) is 2.12. The Labute approximate surface area is 84.4 Å². The molecular weight excluding hydrogens is 208 g/mol. The minimum Gasteiger partial charge on any atom is -0.468 e. The molecule has 0 aromatic rings. The summed E-state index contributed by atoms with van der Waals surface area (Å²) in [6.07, 6.45) is 0. The Bertz CT molecular complexity index is 286. The van der Waals surface area contributed by atoms with Crippen molar-refractivity contribution in [2.24, 2.45) is 0 Å². The third-order valence-corrected chi connectivity index (χ3v) is 3.34. The van der Waals surface area contributed by atoms with Crippen LogP contribution in [0.2, 0.25) is 0 Å². The van der Waals surface area contributed by atoms with Crippen LogP contribution in [0.3, 0.4) is 0 Å². The highest BCUT2D eigenvalue weighted by Crippen LogP contribution is 2.04. The van der Waals surface area contributed by atoms with Gasteiger partial charge in [-0.2, -0.15) is 12.7 Å². The Balaban J connectivity index is 4.71. The maximum atomic E-state index is 11.4. The van der Waals surface area contributed by atoms with E-state index in [2.05, 4.69) is 9.46 Å². The molecule has 0 bridgehead atoms. The van der Waals surface area contributed by atoms with Gasteiger partial charge in [0.2, 0.25) is 0 Å². The van der Waals surface area contributed by atoms with E-state index in [-0.39, 0.29) is 12.6 Å². The van der Waals surface area contributed by atoms with Crippen molar-refractivity contribution in [3.05, 3.63) is 0 Å². The first-order valence-corrected chi connectivity index (χ1v) is 5.56. The smallest absolute Gasteiger partial charge is 0.321 e. The normalized spacial score (nSPS) is 12.1. The average molecular weight is 224 g/mol. The third kappa shape index (κ3) is 3.60. The zero-order valence-electron chi connectivity index (χ0n) is 8.77. The van der Waals surface area contributed by atoms with Gasteiger partial charge in [-0.1, -0.05) is 0 Å². The van der Waals surface area contributed by atoms with Gasteiger partial charge in [0, 0.05) is 13.1 Å².